The third-order valence-corrected chi connectivity index (χ3v) is 3.09. The first-order valence-corrected chi connectivity index (χ1v) is 6.90. The molecule has 0 aromatic carbocycles. The van der Waals surface area contributed by atoms with Gasteiger partial charge in [-0.3, -0.25) is 5.32 Å². The van der Waals surface area contributed by atoms with Crippen LogP contribution < -0.4 is 10.6 Å². The summed E-state index contributed by atoms with van der Waals surface area (Å²) in [5.74, 6) is 0.676. The van der Waals surface area contributed by atoms with Gasteiger partial charge in [0, 0.05) is 18.5 Å². The second-order valence-corrected chi connectivity index (χ2v) is 5.03. The van der Waals surface area contributed by atoms with E-state index in [1.165, 1.54) is 0 Å². The Morgan fingerprint density at radius 2 is 2.40 bits per heavy atom. The van der Waals surface area contributed by atoms with Crippen molar-refractivity contribution in [1.29, 1.82) is 0 Å². The Hall–Kier alpha value is -2.05. The smallest absolute Gasteiger partial charge is 0.320 e. The summed E-state index contributed by atoms with van der Waals surface area (Å²) in [4.78, 5) is 17.1. The number of hydrogen-bond acceptors (Lipinski definition) is 4. The normalized spacial score (nSPS) is 17.8. The molecule has 20 heavy (non-hydrogen) atoms. The van der Waals surface area contributed by atoms with E-state index in [-0.39, 0.29) is 18.2 Å². The fraction of sp³-hybridized carbons (Fsp3) is 0.615. The zero-order valence-electron chi connectivity index (χ0n) is 12.1. The van der Waals surface area contributed by atoms with E-state index in [2.05, 4.69) is 20.9 Å². The summed E-state index contributed by atoms with van der Waals surface area (Å²) in [6.07, 6.45) is 3.26. The lowest BCUT2D eigenvalue weighted by Gasteiger charge is -2.13. The van der Waals surface area contributed by atoms with E-state index in [9.17, 15) is 4.79 Å². The number of nitrogens with zero attached hydrogens (tertiary/aromatic N) is 3. The summed E-state index contributed by atoms with van der Waals surface area (Å²) in [7, 11) is 0. The monoisotopic (exact) mass is 279 g/mol. The third kappa shape index (κ3) is 3.49. The number of urea groups is 1. The van der Waals surface area contributed by atoms with Crippen molar-refractivity contribution in [2.24, 2.45) is 5.16 Å². The summed E-state index contributed by atoms with van der Waals surface area (Å²) < 4.78 is 1.75. The predicted molar refractivity (Wildman–Crippen MR) is 76.8 cm³/mol. The van der Waals surface area contributed by atoms with Crippen LogP contribution in [0.5, 0.6) is 0 Å². The highest BCUT2D eigenvalue weighted by molar-refractivity contribution is 5.88. The highest BCUT2D eigenvalue weighted by Crippen LogP contribution is 2.13. The highest BCUT2D eigenvalue weighted by Gasteiger charge is 2.20. The second-order valence-electron chi connectivity index (χ2n) is 5.03. The van der Waals surface area contributed by atoms with Crippen molar-refractivity contribution < 1.29 is 9.63 Å². The van der Waals surface area contributed by atoms with Crippen LogP contribution in [0, 0.1) is 0 Å². The van der Waals surface area contributed by atoms with Crippen LogP contribution in [-0.4, -0.2) is 34.2 Å². The van der Waals surface area contributed by atoms with Crippen molar-refractivity contribution in [3.05, 3.63) is 12.3 Å². The highest BCUT2D eigenvalue weighted by atomic mass is 16.6. The SMILES string of the molecule is CCC1=NO[C@@H](CNC(=O)Nc2ccnn2C(C)C)C1. The van der Waals surface area contributed by atoms with Crippen molar-refractivity contribution in [1.82, 2.24) is 15.1 Å². The van der Waals surface area contributed by atoms with Gasteiger partial charge in [-0.05, 0) is 20.3 Å². The van der Waals surface area contributed by atoms with Crippen molar-refractivity contribution in [3.8, 4) is 0 Å². The van der Waals surface area contributed by atoms with Crippen LogP contribution in [0.15, 0.2) is 17.4 Å². The van der Waals surface area contributed by atoms with Gasteiger partial charge in [-0.2, -0.15) is 5.10 Å². The number of anilines is 1. The Morgan fingerprint density at radius 3 is 3.05 bits per heavy atom. The molecule has 1 aliphatic rings. The number of carbonyl (C=O) groups is 1. The summed E-state index contributed by atoms with van der Waals surface area (Å²) in [6, 6.07) is 1.70. The van der Waals surface area contributed by atoms with Crippen molar-refractivity contribution in [3.63, 3.8) is 0 Å². The van der Waals surface area contributed by atoms with Crippen LogP contribution in [0.25, 0.3) is 0 Å². The topological polar surface area (TPSA) is 80.5 Å². The van der Waals surface area contributed by atoms with Gasteiger partial charge in [0.15, 0.2) is 0 Å². The van der Waals surface area contributed by atoms with Gasteiger partial charge in [0.25, 0.3) is 0 Å². The first-order chi connectivity index (χ1) is 9.60. The molecule has 0 spiro atoms. The number of nitrogens with one attached hydrogen (secondary N) is 2. The van der Waals surface area contributed by atoms with Crippen LogP contribution in [-0.2, 0) is 4.84 Å². The van der Waals surface area contributed by atoms with E-state index >= 15 is 0 Å². The van der Waals surface area contributed by atoms with E-state index in [1.54, 1.807) is 16.9 Å². The second kappa shape index (κ2) is 6.40. The molecule has 2 N–H and O–H groups in total. The van der Waals surface area contributed by atoms with E-state index in [0.29, 0.717) is 12.4 Å². The average Bonchev–Trinajstić information content (AvgIpc) is 3.04. The third-order valence-electron chi connectivity index (χ3n) is 3.09. The minimum atomic E-state index is -0.263. The van der Waals surface area contributed by atoms with E-state index in [1.807, 2.05) is 20.8 Å². The summed E-state index contributed by atoms with van der Waals surface area (Å²) >= 11 is 0. The lowest BCUT2D eigenvalue weighted by atomic mass is 10.1. The standard InChI is InChI=1S/C13H21N5O2/c1-4-10-7-11(20-17-10)8-14-13(19)16-12-5-6-15-18(12)9(2)3/h5-6,9,11H,4,7-8H2,1-3H3,(H2,14,16,19)/t11-/m1/s1. The van der Waals surface area contributed by atoms with Gasteiger partial charge >= 0.3 is 6.03 Å². The Morgan fingerprint density at radius 1 is 1.60 bits per heavy atom. The predicted octanol–water partition coefficient (Wildman–Crippen LogP) is 2.14. The molecule has 2 rings (SSSR count). The van der Waals surface area contributed by atoms with Gasteiger partial charge in [0.1, 0.15) is 11.9 Å². The molecule has 7 nitrogen and oxygen atoms in total. The molecule has 7 heteroatoms. The van der Waals surface area contributed by atoms with Gasteiger partial charge in [0.2, 0.25) is 0 Å². The number of oxime groups is 1. The molecule has 0 unspecified atom stereocenters. The maximum Gasteiger partial charge on any atom is 0.320 e. The zero-order chi connectivity index (χ0) is 14.5. The summed E-state index contributed by atoms with van der Waals surface area (Å²) in [5, 5.41) is 13.7. The summed E-state index contributed by atoms with van der Waals surface area (Å²) in [5.41, 5.74) is 1.04. The Kier molecular flexibility index (Phi) is 4.60. The molecule has 1 aliphatic heterocycles. The van der Waals surface area contributed by atoms with Gasteiger partial charge in [-0.1, -0.05) is 12.1 Å². The molecule has 2 heterocycles. The van der Waals surface area contributed by atoms with Crippen LogP contribution in [0.1, 0.15) is 39.7 Å². The lowest BCUT2D eigenvalue weighted by Crippen LogP contribution is -2.36. The lowest BCUT2D eigenvalue weighted by molar-refractivity contribution is 0.0869. The number of hydrogen-bond donors (Lipinski definition) is 2. The van der Waals surface area contributed by atoms with E-state index < -0.39 is 0 Å². The zero-order valence-corrected chi connectivity index (χ0v) is 12.1. The van der Waals surface area contributed by atoms with Gasteiger partial charge in [-0.15, -0.1) is 0 Å². The molecule has 0 saturated carbocycles. The largest absolute Gasteiger partial charge is 0.390 e. The van der Waals surface area contributed by atoms with Crippen molar-refractivity contribution >= 4 is 17.6 Å². The van der Waals surface area contributed by atoms with Gasteiger partial charge < -0.3 is 10.2 Å². The first kappa shape index (κ1) is 14.4. The molecule has 0 radical (unpaired) electrons. The number of amides is 2. The molecule has 2 amide bonds. The first-order valence-electron chi connectivity index (χ1n) is 6.90. The molecular formula is C13H21N5O2. The molecule has 0 fully saturated rings. The van der Waals surface area contributed by atoms with Crippen molar-refractivity contribution in [2.45, 2.75) is 45.8 Å². The number of aromatic nitrogens is 2. The maximum atomic E-state index is 11.8. The Balaban J connectivity index is 1.77. The average molecular weight is 279 g/mol. The molecule has 0 bridgehead atoms. The minimum Gasteiger partial charge on any atom is -0.390 e. The molecule has 1 aromatic heterocycles. The van der Waals surface area contributed by atoms with Gasteiger partial charge in [-0.25, -0.2) is 9.48 Å². The molecule has 1 aromatic rings. The Labute approximate surface area is 118 Å². The quantitative estimate of drug-likeness (QED) is 0.866. The van der Waals surface area contributed by atoms with Crippen molar-refractivity contribution in [2.75, 3.05) is 11.9 Å². The molecule has 0 saturated heterocycles. The number of rotatable bonds is 5. The van der Waals surface area contributed by atoms with Gasteiger partial charge in [0.05, 0.1) is 18.5 Å². The summed E-state index contributed by atoms with van der Waals surface area (Å²) in [6.45, 7) is 6.49. The van der Waals surface area contributed by atoms with E-state index in [4.69, 9.17) is 4.84 Å². The molecular weight excluding hydrogens is 258 g/mol. The minimum absolute atomic E-state index is 0.0642. The fourth-order valence-corrected chi connectivity index (χ4v) is 2.00. The number of carbonyl (C=O) groups excluding carboxylic acids is 1. The molecule has 110 valence electrons. The fourth-order valence-electron chi connectivity index (χ4n) is 2.00. The van der Waals surface area contributed by atoms with Crippen LogP contribution >= 0.6 is 0 Å². The Bertz CT molecular complexity index is 495. The molecule has 1 atom stereocenters. The van der Waals surface area contributed by atoms with Crippen LogP contribution in [0.3, 0.4) is 0 Å². The van der Waals surface area contributed by atoms with Crippen LogP contribution in [0.4, 0.5) is 10.6 Å². The van der Waals surface area contributed by atoms with E-state index in [0.717, 1.165) is 18.6 Å². The maximum absolute atomic E-state index is 11.8. The van der Waals surface area contributed by atoms with Crippen LogP contribution in [0.2, 0.25) is 0 Å². The molecule has 0 aliphatic carbocycles.